The summed E-state index contributed by atoms with van der Waals surface area (Å²) in [5, 5.41) is 19.4. The largest absolute Gasteiger partial charge is 0.388 e. The van der Waals surface area contributed by atoms with Gasteiger partial charge in [-0.15, -0.1) is 11.3 Å². The minimum atomic E-state index is -0.593. The van der Waals surface area contributed by atoms with Crippen LogP contribution >= 0.6 is 11.3 Å². The van der Waals surface area contributed by atoms with E-state index in [1.165, 1.54) is 0 Å². The van der Waals surface area contributed by atoms with Gasteiger partial charge in [0, 0.05) is 12.0 Å². The van der Waals surface area contributed by atoms with E-state index in [1.54, 1.807) is 11.3 Å². The van der Waals surface area contributed by atoms with Gasteiger partial charge >= 0.3 is 0 Å². The van der Waals surface area contributed by atoms with Crippen molar-refractivity contribution in [2.45, 2.75) is 26.4 Å². The van der Waals surface area contributed by atoms with Gasteiger partial charge in [-0.3, -0.25) is 0 Å². The molecule has 1 N–H and O–H groups in total. The van der Waals surface area contributed by atoms with Crippen LogP contribution in [-0.4, -0.2) is 20.3 Å². The monoisotopic (exact) mass is 285 g/mol. The van der Waals surface area contributed by atoms with Crippen molar-refractivity contribution in [1.29, 1.82) is 0 Å². The lowest BCUT2D eigenvalue weighted by Gasteiger charge is -2.11. The summed E-state index contributed by atoms with van der Waals surface area (Å²) < 4.78 is 1.15. The number of aliphatic hydroxyl groups excluding tert-OH is 1. The van der Waals surface area contributed by atoms with Crippen molar-refractivity contribution in [3.63, 3.8) is 0 Å². The second-order valence-electron chi connectivity index (χ2n) is 4.82. The highest BCUT2D eigenvalue weighted by molar-refractivity contribution is 7.18. The second-order valence-corrected chi connectivity index (χ2v) is 5.94. The molecule has 0 saturated heterocycles. The molecule has 3 aromatic rings. The standard InChI is InChI=1S/C15H15N3OS/c1-9-7-11(10(2)18-17-9)13(19)8-15-16-12-5-3-4-6-14(12)20-15/h3-7,13,19H,8H2,1-2H3. The number of hydrogen-bond acceptors (Lipinski definition) is 5. The molecule has 102 valence electrons. The number of rotatable bonds is 3. The Morgan fingerprint density at radius 3 is 2.80 bits per heavy atom. The summed E-state index contributed by atoms with van der Waals surface area (Å²) in [5.74, 6) is 0. The van der Waals surface area contributed by atoms with Crippen LogP contribution in [0.4, 0.5) is 0 Å². The van der Waals surface area contributed by atoms with E-state index in [0.717, 1.165) is 32.2 Å². The molecule has 0 aliphatic heterocycles. The average molecular weight is 285 g/mol. The average Bonchev–Trinajstić information content (AvgIpc) is 2.83. The zero-order chi connectivity index (χ0) is 14.1. The molecule has 0 aliphatic carbocycles. The van der Waals surface area contributed by atoms with Gasteiger partial charge in [-0.2, -0.15) is 10.2 Å². The molecule has 0 amide bonds. The number of aliphatic hydroxyl groups is 1. The summed E-state index contributed by atoms with van der Waals surface area (Å²) in [4.78, 5) is 4.55. The van der Waals surface area contributed by atoms with Crippen molar-refractivity contribution in [1.82, 2.24) is 15.2 Å². The maximum absolute atomic E-state index is 10.4. The van der Waals surface area contributed by atoms with Gasteiger partial charge in [0.2, 0.25) is 0 Å². The van der Waals surface area contributed by atoms with Gasteiger partial charge in [-0.1, -0.05) is 12.1 Å². The summed E-state index contributed by atoms with van der Waals surface area (Å²) in [6, 6.07) is 9.90. The molecular weight excluding hydrogens is 270 g/mol. The van der Waals surface area contributed by atoms with E-state index >= 15 is 0 Å². The number of hydrogen-bond donors (Lipinski definition) is 1. The summed E-state index contributed by atoms with van der Waals surface area (Å²) >= 11 is 1.62. The predicted molar refractivity (Wildman–Crippen MR) is 79.8 cm³/mol. The minimum Gasteiger partial charge on any atom is -0.388 e. The first-order valence-electron chi connectivity index (χ1n) is 6.47. The van der Waals surface area contributed by atoms with E-state index in [-0.39, 0.29) is 0 Å². The smallest absolute Gasteiger partial charge is 0.0967 e. The maximum atomic E-state index is 10.4. The molecule has 0 fully saturated rings. The van der Waals surface area contributed by atoms with Crippen molar-refractivity contribution < 1.29 is 5.11 Å². The van der Waals surface area contributed by atoms with Gasteiger partial charge in [-0.05, 0) is 32.0 Å². The molecule has 5 heteroatoms. The third kappa shape index (κ3) is 2.55. The number of benzene rings is 1. The second kappa shape index (κ2) is 5.26. The number of aromatic nitrogens is 3. The lowest BCUT2D eigenvalue weighted by Crippen LogP contribution is -2.06. The highest BCUT2D eigenvalue weighted by atomic mass is 32.1. The van der Waals surface area contributed by atoms with E-state index < -0.39 is 6.10 Å². The summed E-state index contributed by atoms with van der Waals surface area (Å²) in [5.41, 5.74) is 3.40. The molecule has 4 nitrogen and oxygen atoms in total. The lowest BCUT2D eigenvalue weighted by atomic mass is 10.1. The summed E-state index contributed by atoms with van der Waals surface area (Å²) in [6.45, 7) is 3.74. The fourth-order valence-electron chi connectivity index (χ4n) is 2.19. The van der Waals surface area contributed by atoms with Crippen molar-refractivity contribution in [2.75, 3.05) is 0 Å². The Bertz CT molecular complexity index is 721. The molecule has 20 heavy (non-hydrogen) atoms. The van der Waals surface area contributed by atoms with Gasteiger partial charge in [0.05, 0.1) is 32.7 Å². The summed E-state index contributed by atoms with van der Waals surface area (Å²) in [7, 11) is 0. The van der Waals surface area contributed by atoms with Crippen LogP contribution in [-0.2, 0) is 6.42 Å². The summed E-state index contributed by atoms with van der Waals surface area (Å²) in [6.07, 6.45) is -0.0875. The van der Waals surface area contributed by atoms with E-state index in [9.17, 15) is 5.11 Å². The first kappa shape index (κ1) is 13.1. The Balaban J connectivity index is 1.88. The Hall–Kier alpha value is -1.85. The van der Waals surface area contributed by atoms with Crippen LogP contribution in [0.25, 0.3) is 10.2 Å². The fourth-order valence-corrected chi connectivity index (χ4v) is 3.19. The van der Waals surface area contributed by atoms with Crippen molar-refractivity contribution in [2.24, 2.45) is 0 Å². The molecule has 1 aromatic carbocycles. The Labute approximate surface area is 121 Å². The number of thiazole rings is 1. The van der Waals surface area contributed by atoms with Gasteiger partial charge in [0.15, 0.2) is 0 Å². The van der Waals surface area contributed by atoms with E-state index in [2.05, 4.69) is 15.2 Å². The van der Waals surface area contributed by atoms with Crippen LogP contribution in [0.1, 0.15) is 28.1 Å². The van der Waals surface area contributed by atoms with E-state index in [1.807, 2.05) is 44.2 Å². The van der Waals surface area contributed by atoms with Crippen molar-refractivity contribution in [3.05, 3.63) is 52.3 Å². The molecule has 0 bridgehead atoms. The van der Waals surface area contributed by atoms with Gasteiger partial charge < -0.3 is 5.11 Å². The van der Waals surface area contributed by atoms with Crippen LogP contribution in [0.5, 0.6) is 0 Å². The topological polar surface area (TPSA) is 58.9 Å². The van der Waals surface area contributed by atoms with E-state index in [0.29, 0.717) is 6.42 Å². The zero-order valence-corrected chi connectivity index (χ0v) is 12.2. The van der Waals surface area contributed by atoms with Gasteiger partial charge in [-0.25, -0.2) is 4.98 Å². The van der Waals surface area contributed by atoms with Crippen LogP contribution < -0.4 is 0 Å². The quantitative estimate of drug-likeness (QED) is 0.803. The molecule has 0 saturated carbocycles. The molecule has 0 spiro atoms. The highest BCUT2D eigenvalue weighted by Gasteiger charge is 2.15. The fraction of sp³-hybridized carbons (Fsp3) is 0.267. The molecule has 1 unspecified atom stereocenters. The molecular formula is C15H15N3OS. The number of para-hydroxylation sites is 1. The molecule has 3 rings (SSSR count). The Morgan fingerprint density at radius 2 is 2.00 bits per heavy atom. The maximum Gasteiger partial charge on any atom is 0.0967 e. The van der Waals surface area contributed by atoms with Gasteiger partial charge in [0.1, 0.15) is 0 Å². The van der Waals surface area contributed by atoms with Crippen LogP contribution in [0.3, 0.4) is 0 Å². The SMILES string of the molecule is Cc1cc(C(O)Cc2nc3ccccc3s2)c(C)nn1. The molecule has 2 heterocycles. The number of aryl methyl sites for hydroxylation is 2. The molecule has 1 atom stereocenters. The van der Waals surface area contributed by atoms with Crippen LogP contribution in [0.2, 0.25) is 0 Å². The Kier molecular flexibility index (Phi) is 3.46. The normalized spacial score (nSPS) is 12.8. The predicted octanol–water partition coefficient (Wildman–Crippen LogP) is 2.98. The third-order valence-electron chi connectivity index (χ3n) is 3.21. The minimum absolute atomic E-state index is 0.505. The van der Waals surface area contributed by atoms with Crippen molar-refractivity contribution >= 4 is 21.6 Å². The van der Waals surface area contributed by atoms with Crippen molar-refractivity contribution in [3.8, 4) is 0 Å². The molecule has 2 aromatic heterocycles. The molecule has 0 radical (unpaired) electrons. The van der Waals surface area contributed by atoms with Crippen LogP contribution in [0, 0.1) is 13.8 Å². The van der Waals surface area contributed by atoms with Crippen LogP contribution in [0.15, 0.2) is 30.3 Å². The molecule has 0 aliphatic rings. The number of nitrogens with zero attached hydrogens (tertiary/aromatic N) is 3. The van der Waals surface area contributed by atoms with Gasteiger partial charge in [0.25, 0.3) is 0 Å². The Morgan fingerprint density at radius 1 is 1.20 bits per heavy atom. The highest BCUT2D eigenvalue weighted by Crippen LogP contribution is 2.26. The zero-order valence-electron chi connectivity index (χ0n) is 11.4. The van der Waals surface area contributed by atoms with E-state index in [4.69, 9.17) is 0 Å². The lowest BCUT2D eigenvalue weighted by molar-refractivity contribution is 0.177. The first-order chi connectivity index (χ1) is 9.63. The number of fused-ring (bicyclic) bond motifs is 1. The first-order valence-corrected chi connectivity index (χ1v) is 7.28. The third-order valence-corrected chi connectivity index (χ3v) is 4.26.